The summed E-state index contributed by atoms with van der Waals surface area (Å²) < 4.78 is 0. The van der Waals surface area contributed by atoms with Crippen LogP contribution in [0.5, 0.6) is 0 Å². The zero-order valence-corrected chi connectivity index (χ0v) is 13.1. The Morgan fingerprint density at radius 2 is 1.45 bits per heavy atom. The van der Waals surface area contributed by atoms with Crippen LogP contribution in [0.25, 0.3) is 0 Å². The maximum absolute atomic E-state index is 12.0. The highest BCUT2D eigenvalue weighted by molar-refractivity contribution is 6.00. The molecule has 0 spiro atoms. The van der Waals surface area contributed by atoms with Crippen LogP contribution in [0.1, 0.15) is 34.8 Å². The van der Waals surface area contributed by atoms with Crippen molar-refractivity contribution in [2.75, 3.05) is 10.6 Å². The molecule has 0 bridgehead atoms. The van der Waals surface area contributed by atoms with Crippen LogP contribution in [0, 0.1) is 13.8 Å². The van der Waals surface area contributed by atoms with Gasteiger partial charge in [-0.25, -0.2) is 4.79 Å². The van der Waals surface area contributed by atoms with E-state index in [0.29, 0.717) is 17.7 Å². The van der Waals surface area contributed by atoms with Crippen molar-refractivity contribution in [1.82, 2.24) is 0 Å². The lowest BCUT2D eigenvalue weighted by molar-refractivity contribution is 0.0988. The third kappa shape index (κ3) is 3.95. The van der Waals surface area contributed by atoms with E-state index in [9.17, 15) is 9.59 Å². The van der Waals surface area contributed by atoms with E-state index in [1.807, 2.05) is 39.0 Å². The monoisotopic (exact) mass is 296 g/mol. The van der Waals surface area contributed by atoms with Gasteiger partial charge in [0.15, 0.2) is 5.78 Å². The minimum Gasteiger partial charge on any atom is -0.308 e. The molecule has 0 fully saturated rings. The van der Waals surface area contributed by atoms with Crippen molar-refractivity contribution in [2.45, 2.75) is 27.2 Å². The summed E-state index contributed by atoms with van der Waals surface area (Å²) in [5.74, 6) is 0.0890. The summed E-state index contributed by atoms with van der Waals surface area (Å²) >= 11 is 0. The first-order valence-electron chi connectivity index (χ1n) is 7.28. The molecule has 0 aliphatic carbocycles. The molecule has 114 valence electrons. The van der Waals surface area contributed by atoms with Crippen LogP contribution in [-0.2, 0) is 0 Å². The Hall–Kier alpha value is -2.62. The van der Waals surface area contributed by atoms with Crippen LogP contribution < -0.4 is 10.6 Å². The van der Waals surface area contributed by atoms with Gasteiger partial charge in [-0.1, -0.05) is 13.0 Å². The quantitative estimate of drug-likeness (QED) is 0.814. The molecule has 0 aliphatic heterocycles. The van der Waals surface area contributed by atoms with Crippen LogP contribution in [0.2, 0.25) is 0 Å². The van der Waals surface area contributed by atoms with Crippen molar-refractivity contribution < 1.29 is 9.59 Å². The number of anilines is 2. The zero-order valence-electron chi connectivity index (χ0n) is 13.1. The standard InChI is InChI=1S/C18H20N2O2/c1-4-17(21)14-6-9-15(10-7-14)19-18(22)20-16-8-5-12(2)13(3)11-16/h5-11H,4H2,1-3H3,(H2,19,20,22). The fourth-order valence-corrected chi connectivity index (χ4v) is 2.06. The van der Waals surface area contributed by atoms with Crippen molar-refractivity contribution in [3.8, 4) is 0 Å². The molecule has 2 rings (SSSR count). The third-order valence-electron chi connectivity index (χ3n) is 3.55. The van der Waals surface area contributed by atoms with Gasteiger partial charge in [0.2, 0.25) is 0 Å². The molecular weight excluding hydrogens is 276 g/mol. The Kier molecular flexibility index (Phi) is 4.94. The Morgan fingerprint density at radius 1 is 0.864 bits per heavy atom. The van der Waals surface area contributed by atoms with E-state index in [-0.39, 0.29) is 11.8 Å². The SMILES string of the molecule is CCC(=O)c1ccc(NC(=O)Nc2ccc(C)c(C)c2)cc1. The summed E-state index contributed by atoms with van der Waals surface area (Å²) in [7, 11) is 0. The normalized spacial score (nSPS) is 10.1. The van der Waals surface area contributed by atoms with E-state index in [4.69, 9.17) is 0 Å². The number of hydrogen-bond acceptors (Lipinski definition) is 2. The summed E-state index contributed by atoms with van der Waals surface area (Å²) in [6.07, 6.45) is 0.472. The fourth-order valence-electron chi connectivity index (χ4n) is 2.06. The zero-order chi connectivity index (χ0) is 16.1. The number of nitrogens with one attached hydrogen (secondary N) is 2. The largest absolute Gasteiger partial charge is 0.323 e. The third-order valence-corrected chi connectivity index (χ3v) is 3.55. The lowest BCUT2D eigenvalue weighted by Gasteiger charge is -2.09. The Morgan fingerprint density at radius 3 is 2.05 bits per heavy atom. The molecule has 2 aromatic rings. The Labute approximate surface area is 130 Å². The van der Waals surface area contributed by atoms with Gasteiger partial charge < -0.3 is 10.6 Å². The van der Waals surface area contributed by atoms with Crippen LogP contribution in [0.3, 0.4) is 0 Å². The number of Topliss-reactive ketones (excluding diaryl/α,β-unsaturated/α-hetero) is 1. The summed E-state index contributed by atoms with van der Waals surface area (Å²) in [5.41, 5.74) is 4.36. The van der Waals surface area contributed by atoms with Gasteiger partial charge in [-0.2, -0.15) is 0 Å². The van der Waals surface area contributed by atoms with Gasteiger partial charge in [-0.3, -0.25) is 4.79 Å². The molecule has 2 N–H and O–H groups in total. The number of carbonyl (C=O) groups excluding carboxylic acids is 2. The van der Waals surface area contributed by atoms with Gasteiger partial charge in [-0.15, -0.1) is 0 Å². The van der Waals surface area contributed by atoms with Gasteiger partial charge in [0.05, 0.1) is 0 Å². The van der Waals surface area contributed by atoms with Crippen LogP contribution in [0.15, 0.2) is 42.5 Å². The van der Waals surface area contributed by atoms with Crippen molar-refractivity contribution in [3.05, 3.63) is 59.2 Å². The van der Waals surface area contributed by atoms with Crippen LogP contribution in [-0.4, -0.2) is 11.8 Å². The van der Waals surface area contributed by atoms with E-state index in [1.165, 1.54) is 5.56 Å². The molecule has 0 atom stereocenters. The molecular formula is C18H20N2O2. The number of hydrogen-bond donors (Lipinski definition) is 2. The molecule has 0 unspecified atom stereocenters. The predicted octanol–water partition coefficient (Wildman–Crippen LogP) is 4.54. The van der Waals surface area contributed by atoms with Crippen molar-refractivity contribution in [2.24, 2.45) is 0 Å². The molecule has 2 amide bonds. The average Bonchev–Trinajstić information content (AvgIpc) is 2.51. The number of benzene rings is 2. The lowest BCUT2D eigenvalue weighted by Crippen LogP contribution is -2.19. The number of aryl methyl sites for hydroxylation is 2. The second kappa shape index (κ2) is 6.89. The molecule has 0 saturated heterocycles. The molecule has 0 radical (unpaired) electrons. The van der Waals surface area contributed by atoms with Crippen LogP contribution >= 0.6 is 0 Å². The van der Waals surface area contributed by atoms with E-state index in [1.54, 1.807) is 24.3 Å². The highest BCUT2D eigenvalue weighted by Crippen LogP contribution is 2.15. The summed E-state index contributed by atoms with van der Waals surface area (Å²) in [5, 5.41) is 5.54. The van der Waals surface area contributed by atoms with Gasteiger partial charge in [0.1, 0.15) is 0 Å². The number of urea groups is 1. The first-order chi connectivity index (χ1) is 10.5. The fraction of sp³-hybridized carbons (Fsp3) is 0.222. The Balaban J connectivity index is 1.99. The highest BCUT2D eigenvalue weighted by atomic mass is 16.2. The molecule has 4 nitrogen and oxygen atoms in total. The average molecular weight is 296 g/mol. The second-order valence-corrected chi connectivity index (χ2v) is 5.23. The van der Waals surface area contributed by atoms with E-state index in [0.717, 1.165) is 11.3 Å². The molecule has 0 aliphatic rings. The molecule has 2 aromatic carbocycles. The summed E-state index contributed by atoms with van der Waals surface area (Å²) in [6.45, 7) is 5.85. The van der Waals surface area contributed by atoms with Crippen molar-refractivity contribution in [3.63, 3.8) is 0 Å². The topological polar surface area (TPSA) is 58.2 Å². The molecule has 22 heavy (non-hydrogen) atoms. The molecule has 4 heteroatoms. The first kappa shape index (κ1) is 15.8. The Bertz CT molecular complexity index is 691. The predicted molar refractivity (Wildman–Crippen MR) is 89.6 cm³/mol. The summed E-state index contributed by atoms with van der Waals surface area (Å²) in [4.78, 5) is 23.5. The molecule has 0 saturated carbocycles. The smallest absolute Gasteiger partial charge is 0.308 e. The van der Waals surface area contributed by atoms with Gasteiger partial charge in [0.25, 0.3) is 0 Å². The number of rotatable bonds is 4. The number of ketones is 1. The van der Waals surface area contributed by atoms with E-state index < -0.39 is 0 Å². The van der Waals surface area contributed by atoms with Crippen LogP contribution in [0.4, 0.5) is 16.2 Å². The van der Waals surface area contributed by atoms with Gasteiger partial charge in [-0.05, 0) is 61.4 Å². The second-order valence-electron chi connectivity index (χ2n) is 5.23. The van der Waals surface area contributed by atoms with E-state index >= 15 is 0 Å². The first-order valence-corrected chi connectivity index (χ1v) is 7.28. The highest BCUT2D eigenvalue weighted by Gasteiger charge is 2.06. The van der Waals surface area contributed by atoms with Gasteiger partial charge in [0, 0.05) is 23.4 Å². The maximum Gasteiger partial charge on any atom is 0.323 e. The number of amides is 2. The maximum atomic E-state index is 12.0. The lowest BCUT2D eigenvalue weighted by atomic mass is 10.1. The van der Waals surface area contributed by atoms with Crippen molar-refractivity contribution >= 4 is 23.2 Å². The van der Waals surface area contributed by atoms with Crippen molar-refractivity contribution in [1.29, 1.82) is 0 Å². The van der Waals surface area contributed by atoms with Gasteiger partial charge >= 0.3 is 6.03 Å². The minimum absolute atomic E-state index is 0.0890. The molecule has 0 aromatic heterocycles. The number of carbonyl (C=O) groups is 2. The summed E-state index contributed by atoms with van der Waals surface area (Å²) in [6, 6.07) is 12.3. The molecule has 0 heterocycles. The van der Waals surface area contributed by atoms with E-state index in [2.05, 4.69) is 10.6 Å². The minimum atomic E-state index is -0.308.